The zero-order valence-corrected chi connectivity index (χ0v) is 24.5. The maximum atomic E-state index is 4.01. The van der Waals surface area contributed by atoms with Crippen LogP contribution in [-0.2, 0) is 32.7 Å². The summed E-state index contributed by atoms with van der Waals surface area (Å²) in [5.74, 6) is 0. The third-order valence-electron chi connectivity index (χ3n) is 7.02. The van der Waals surface area contributed by atoms with Gasteiger partial charge in [-0.15, -0.1) is 0 Å². The van der Waals surface area contributed by atoms with Crippen molar-refractivity contribution in [2.45, 2.75) is 0 Å². The van der Waals surface area contributed by atoms with Crippen LogP contribution in [-0.4, -0.2) is 9.97 Å². The molecule has 2 nitrogen and oxygen atoms in total. The zero-order chi connectivity index (χ0) is 24.2. The second kappa shape index (κ2) is 9.65. The van der Waals surface area contributed by atoms with E-state index in [0.717, 1.165) is 10.0 Å². The van der Waals surface area contributed by atoms with Crippen LogP contribution in [0.5, 0.6) is 0 Å². The number of hydrogen-bond donors (Lipinski definition) is 2. The Morgan fingerprint density at radius 2 is 1.00 bits per heavy atom. The molecular formula is C33H22BrN2Y-. The van der Waals surface area contributed by atoms with Crippen LogP contribution in [0.2, 0.25) is 0 Å². The van der Waals surface area contributed by atoms with Gasteiger partial charge in [0.25, 0.3) is 0 Å². The van der Waals surface area contributed by atoms with Gasteiger partial charge in [0, 0.05) is 69.8 Å². The molecule has 0 atom stereocenters. The van der Waals surface area contributed by atoms with Crippen molar-refractivity contribution in [1.29, 1.82) is 0 Å². The third kappa shape index (κ3) is 4.16. The van der Waals surface area contributed by atoms with E-state index < -0.39 is 0 Å². The molecule has 1 radical (unpaired) electrons. The summed E-state index contributed by atoms with van der Waals surface area (Å²) < 4.78 is 1.11. The maximum Gasteiger partial charge on any atom is 0.0544 e. The predicted molar refractivity (Wildman–Crippen MR) is 159 cm³/mol. The number of rotatable bonds is 0. The van der Waals surface area contributed by atoms with Crippen molar-refractivity contribution < 1.29 is 32.7 Å². The van der Waals surface area contributed by atoms with Gasteiger partial charge in [-0.05, 0) is 39.7 Å². The molecule has 4 heteroatoms. The fourth-order valence-electron chi connectivity index (χ4n) is 5.30. The third-order valence-corrected chi connectivity index (χ3v) is 7.52. The van der Waals surface area contributed by atoms with Crippen LogP contribution in [0.3, 0.4) is 0 Å². The van der Waals surface area contributed by atoms with E-state index in [4.69, 9.17) is 0 Å². The molecule has 0 aliphatic carbocycles. The van der Waals surface area contributed by atoms with Gasteiger partial charge in [-0.1, -0.05) is 94.8 Å². The van der Waals surface area contributed by atoms with Crippen molar-refractivity contribution in [2.24, 2.45) is 0 Å². The molecule has 0 spiro atoms. The molecular weight excluding hydrogens is 593 g/mol. The van der Waals surface area contributed by atoms with Gasteiger partial charge in [0.2, 0.25) is 0 Å². The largest absolute Gasteiger partial charge is 0.356 e. The fraction of sp³-hybridized carbons (Fsp3) is 0. The van der Waals surface area contributed by atoms with E-state index in [1.165, 1.54) is 65.2 Å². The van der Waals surface area contributed by atoms with Crippen LogP contribution >= 0.6 is 15.9 Å². The van der Waals surface area contributed by atoms with Crippen LogP contribution in [0.1, 0.15) is 5.56 Å². The molecule has 2 aromatic heterocycles. The molecule has 2 heterocycles. The van der Waals surface area contributed by atoms with Gasteiger partial charge in [0.1, 0.15) is 0 Å². The van der Waals surface area contributed by atoms with Gasteiger partial charge in [-0.2, -0.15) is 24.6 Å². The van der Waals surface area contributed by atoms with Gasteiger partial charge in [0.05, 0.1) is 11.0 Å². The quantitative estimate of drug-likeness (QED) is 0.159. The number of hydrogen-bond acceptors (Lipinski definition) is 0. The van der Waals surface area contributed by atoms with Gasteiger partial charge in [-0.3, -0.25) is 0 Å². The Hall–Kier alpha value is -3.11. The molecule has 0 amide bonds. The summed E-state index contributed by atoms with van der Waals surface area (Å²) >= 11 is 3.54. The molecule has 0 aliphatic rings. The van der Waals surface area contributed by atoms with E-state index in [2.05, 4.69) is 136 Å². The zero-order valence-electron chi connectivity index (χ0n) is 20.1. The standard InChI is InChI=1S/C17H12N.C16H10BrN.Y/c1-11-6-9-16-15(10-11)14-8-7-12-4-2-3-5-13(12)17(14)18-16;17-11-6-8-15-14(9-11)13-7-5-10-3-1-2-4-12(10)16(13)18-15;/h2-10,18H,1H2;1-9,18H;/q-1;;. The van der Waals surface area contributed by atoms with Crippen LogP contribution in [0.15, 0.2) is 114 Å². The van der Waals surface area contributed by atoms with Crippen LogP contribution in [0, 0.1) is 6.92 Å². The second-order valence-electron chi connectivity index (χ2n) is 9.24. The Labute approximate surface area is 248 Å². The molecule has 8 rings (SSSR count). The van der Waals surface area contributed by atoms with E-state index in [1.807, 2.05) is 6.07 Å². The molecule has 0 saturated carbocycles. The summed E-state index contributed by atoms with van der Waals surface area (Å²) in [5, 5.41) is 10.2. The number of nitrogens with one attached hydrogen (secondary N) is 2. The number of H-pyrrole nitrogens is 2. The Morgan fingerprint density at radius 3 is 1.59 bits per heavy atom. The van der Waals surface area contributed by atoms with E-state index >= 15 is 0 Å². The minimum Gasteiger partial charge on any atom is -0.356 e. The average molecular weight is 615 g/mol. The first-order valence-corrected chi connectivity index (χ1v) is 12.8. The fourth-order valence-corrected chi connectivity index (χ4v) is 5.66. The van der Waals surface area contributed by atoms with E-state index in [-0.39, 0.29) is 32.7 Å². The van der Waals surface area contributed by atoms with Gasteiger partial charge < -0.3 is 9.97 Å². The minimum atomic E-state index is 0. The summed E-state index contributed by atoms with van der Waals surface area (Å²) in [4.78, 5) is 7.05. The molecule has 0 fully saturated rings. The number of halogens is 1. The van der Waals surface area contributed by atoms with E-state index in [9.17, 15) is 0 Å². The molecule has 0 aliphatic heterocycles. The minimum absolute atomic E-state index is 0. The van der Waals surface area contributed by atoms with Crippen molar-refractivity contribution in [1.82, 2.24) is 9.97 Å². The second-order valence-corrected chi connectivity index (χ2v) is 10.2. The Balaban J connectivity index is 0.000000133. The van der Waals surface area contributed by atoms with Crippen LogP contribution in [0.4, 0.5) is 0 Å². The maximum absolute atomic E-state index is 4.01. The molecule has 0 unspecified atom stereocenters. The van der Waals surface area contributed by atoms with Crippen molar-refractivity contribution in [2.75, 3.05) is 0 Å². The molecule has 6 aromatic carbocycles. The van der Waals surface area contributed by atoms with Gasteiger partial charge >= 0.3 is 0 Å². The van der Waals surface area contributed by atoms with Crippen LogP contribution < -0.4 is 0 Å². The van der Waals surface area contributed by atoms with E-state index in [0.29, 0.717) is 0 Å². The normalized spacial score (nSPS) is 11.3. The first kappa shape index (κ1) is 24.2. The summed E-state index contributed by atoms with van der Waals surface area (Å²) in [7, 11) is 0. The predicted octanol–water partition coefficient (Wildman–Crippen LogP) is 9.89. The summed E-state index contributed by atoms with van der Waals surface area (Å²) in [6.45, 7) is 4.01. The monoisotopic (exact) mass is 614 g/mol. The number of aromatic nitrogens is 2. The molecule has 2 N–H and O–H groups in total. The average Bonchev–Trinajstić information content (AvgIpc) is 3.47. The Kier molecular flexibility index (Phi) is 6.32. The molecule has 0 bridgehead atoms. The van der Waals surface area contributed by atoms with E-state index in [1.54, 1.807) is 0 Å². The first-order valence-electron chi connectivity index (χ1n) is 12.0. The number of aromatic amines is 2. The molecule has 175 valence electrons. The van der Waals surface area contributed by atoms with Crippen molar-refractivity contribution in [3.8, 4) is 0 Å². The first-order chi connectivity index (χ1) is 17.7. The SMILES string of the molecule is Brc1ccc2[nH]c3c4ccccc4ccc3c2c1.[CH2-]c1ccc2[nH]c3c4ccccc4ccc3c2c1.[Y]. The van der Waals surface area contributed by atoms with Gasteiger partial charge in [-0.25, -0.2) is 0 Å². The molecule has 37 heavy (non-hydrogen) atoms. The van der Waals surface area contributed by atoms with Crippen LogP contribution in [0.25, 0.3) is 65.2 Å². The van der Waals surface area contributed by atoms with Crippen molar-refractivity contribution >= 4 is 81.1 Å². The summed E-state index contributed by atoms with van der Waals surface area (Å²) in [5.41, 5.74) is 5.85. The topological polar surface area (TPSA) is 31.6 Å². The molecule has 0 saturated heterocycles. The van der Waals surface area contributed by atoms with Crippen molar-refractivity contribution in [3.63, 3.8) is 0 Å². The Bertz CT molecular complexity index is 1930. The number of benzene rings is 6. The smallest absolute Gasteiger partial charge is 0.0544 e. The molecule has 8 aromatic rings. The van der Waals surface area contributed by atoms with Crippen molar-refractivity contribution in [3.05, 3.63) is 126 Å². The Morgan fingerprint density at radius 1 is 0.486 bits per heavy atom. The number of fused-ring (bicyclic) bond motifs is 10. The summed E-state index contributed by atoms with van der Waals surface area (Å²) in [6.07, 6.45) is 0. The summed E-state index contributed by atoms with van der Waals surface area (Å²) in [6, 6.07) is 38.4. The van der Waals surface area contributed by atoms with Gasteiger partial charge in [0.15, 0.2) is 0 Å².